The quantitative estimate of drug-likeness (QED) is 0.713. The Morgan fingerprint density at radius 3 is 2.65 bits per heavy atom. The molecule has 0 saturated heterocycles. The van der Waals surface area contributed by atoms with Crippen molar-refractivity contribution in [1.82, 2.24) is 9.97 Å². The van der Waals surface area contributed by atoms with Crippen LogP contribution >= 0.6 is 12.2 Å². The number of aromatic amines is 1. The molecule has 0 atom stereocenters. The predicted octanol–water partition coefficient (Wildman–Crippen LogP) is 4.04. The number of hydrogen-bond acceptors (Lipinski definition) is 3. The molecule has 0 saturated carbocycles. The molecule has 0 amide bonds. The minimum absolute atomic E-state index is 0.237. The largest absolute Gasteiger partial charge is 0.365 e. The van der Waals surface area contributed by atoms with Gasteiger partial charge in [0.2, 0.25) is 0 Å². The number of benzene rings is 2. The Morgan fingerprint density at radius 2 is 1.85 bits per heavy atom. The lowest BCUT2D eigenvalue weighted by atomic mass is 10.2. The smallest absolute Gasteiger partial charge is 0.199 e. The van der Waals surface area contributed by atoms with Gasteiger partial charge in [-0.25, -0.2) is 9.37 Å². The summed E-state index contributed by atoms with van der Waals surface area (Å²) < 4.78 is 13.3. The molecule has 0 aliphatic heterocycles. The van der Waals surface area contributed by atoms with Gasteiger partial charge in [-0.1, -0.05) is 24.3 Å². The molecule has 0 unspecified atom stereocenters. The third kappa shape index (κ3) is 2.67. The van der Waals surface area contributed by atoms with E-state index in [1.807, 2.05) is 24.3 Å². The molecule has 2 N–H and O–H groups in total. The molecule has 0 aliphatic rings. The van der Waals surface area contributed by atoms with Crippen molar-refractivity contribution in [1.29, 1.82) is 0 Å². The molecule has 1 heterocycles. The maximum Gasteiger partial charge on any atom is 0.199 e. The van der Waals surface area contributed by atoms with Gasteiger partial charge in [0.25, 0.3) is 0 Å². The van der Waals surface area contributed by atoms with Crippen LogP contribution in [-0.2, 0) is 6.54 Å². The molecule has 0 radical (unpaired) electrons. The maximum absolute atomic E-state index is 12.9. The standard InChI is InChI=1S/C15H12FN3S/c16-11-7-5-10(6-8-11)9-17-14-12-3-1-2-4-13(12)18-15(20)19-14/h1-8H,9H2,(H2,17,18,19,20). The second kappa shape index (κ2) is 5.38. The van der Waals surface area contributed by atoms with Crippen molar-refractivity contribution in [3.8, 4) is 0 Å². The molecule has 100 valence electrons. The van der Waals surface area contributed by atoms with Gasteiger partial charge in [0, 0.05) is 11.9 Å². The Morgan fingerprint density at radius 1 is 1.10 bits per heavy atom. The van der Waals surface area contributed by atoms with Crippen molar-refractivity contribution in [2.75, 3.05) is 5.32 Å². The first-order valence-electron chi connectivity index (χ1n) is 6.20. The number of H-pyrrole nitrogens is 1. The first-order chi connectivity index (χ1) is 9.72. The van der Waals surface area contributed by atoms with Crippen LogP contribution in [0.5, 0.6) is 0 Å². The molecule has 0 fully saturated rings. The average Bonchev–Trinajstić information content (AvgIpc) is 2.46. The number of rotatable bonds is 3. The van der Waals surface area contributed by atoms with Crippen molar-refractivity contribution in [2.24, 2.45) is 0 Å². The van der Waals surface area contributed by atoms with Gasteiger partial charge in [-0.05, 0) is 42.0 Å². The highest BCUT2D eigenvalue weighted by molar-refractivity contribution is 7.71. The van der Waals surface area contributed by atoms with E-state index in [9.17, 15) is 4.39 Å². The molecule has 0 bridgehead atoms. The van der Waals surface area contributed by atoms with Crippen LogP contribution in [0.1, 0.15) is 5.56 Å². The van der Waals surface area contributed by atoms with E-state index in [-0.39, 0.29) is 5.82 Å². The minimum Gasteiger partial charge on any atom is -0.365 e. The van der Waals surface area contributed by atoms with Gasteiger partial charge >= 0.3 is 0 Å². The molecular weight excluding hydrogens is 273 g/mol. The van der Waals surface area contributed by atoms with Crippen LogP contribution in [0, 0.1) is 10.6 Å². The van der Waals surface area contributed by atoms with E-state index in [0.717, 1.165) is 22.3 Å². The van der Waals surface area contributed by atoms with E-state index in [4.69, 9.17) is 12.2 Å². The van der Waals surface area contributed by atoms with Gasteiger partial charge in [-0.2, -0.15) is 0 Å². The van der Waals surface area contributed by atoms with Crippen LogP contribution in [0.3, 0.4) is 0 Å². The first kappa shape index (κ1) is 12.7. The summed E-state index contributed by atoms with van der Waals surface area (Å²) in [7, 11) is 0. The molecule has 3 nitrogen and oxygen atoms in total. The fourth-order valence-corrected chi connectivity index (χ4v) is 2.23. The normalized spacial score (nSPS) is 10.7. The third-order valence-electron chi connectivity index (χ3n) is 3.01. The van der Waals surface area contributed by atoms with Crippen LogP contribution in [0.2, 0.25) is 0 Å². The second-order valence-electron chi connectivity index (χ2n) is 4.42. The van der Waals surface area contributed by atoms with Crippen LogP contribution in [0.4, 0.5) is 10.2 Å². The Bertz CT molecular complexity index is 796. The monoisotopic (exact) mass is 285 g/mol. The molecule has 0 spiro atoms. The van der Waals surface area contributed by atoms with Crippen LogP contribution in [-0.4, -0.2) is 9.97 Å². The third-order valence-corrected chi connectivity index (χ3v) is 3.20. The van der Waals surface area contributed by atoms with E-state index in [1.165, 1.54) is 12.1 Å². The summed E-state index contributed by atoms with van der Waals surface area (Å²) in [5, 5.41) is 4.22. The Hall–Kier alpha value is -2.27. The summed E-state index contributed by atoms with van der Waals surface area (Å²) in [5.41, 5.74) is 1.92. The molecule has 3 rings (SSSR count). The summed E-state index contributed by atoms with van der Waals surface area (Å²) in [6, 6.07) is 14.2. The van der Waals surface area contributed by atoms with E-state index < -0.39 is 0 Å². The highest BCUT2D eigenvalue weighted by Gasteiger charge is 2.03. The molecule has 20 heavy (non-hydrogen) atoms. The lowest BCUT2D eigenvalue weighted by Crippen LogP contribution is -2.03. The van der Waals surface area contributed by atoms with Crippen LogP contribution in [0.15, 0.2) is 48.5 Å². The Labute approximate surface area is 120 Å². The zero-order valence-electron chi connectivity index (χ0n) is 10.6. The van der Waals surface area contributed by atoms with Gasteiger partial charge in [0.1, 0.15) is 11.6 Å². The average molecular weight is 285 g/mol. The van der Waals surface area contributed by atoms with Gasteiger partial charge in [-0.3, -0.25) is 0 Å². The van der Waals surface area contributed by atoms with Gasteiger partial charge in [-0.15, -0.1) is 0 Å². The van der Waals surface area contributed by atoms with E-state index in [2.05, 4.69) is 15.3 Å². The van der Waals surface area contributed by atoms with Gasteiger partial charge < -0.3 is 10.3 Å². The van der Waals surface area contributed by atoms with E-state index >= 15 is 0 Å². The zero-order valence-corrected chi connectivity index (χ0v) is 11.4. The number of anilines is 1. The second-order valence-corrected chi connectivity index (χ2v) is 4.80. The van der Waals surface area contributed by atoms with Crippen molar-refractivity contribution < 1.29 is 4.39 Å². The number of para-hydroxylation sites is 1. The molecule has 3 aromatic rings. The van der Waals surface area contributed by atoms with Gasteiger partial charge in [0.15, 0.2) is 4.77 Å². The van der Waals surface area contributed by atoms with Crippen LogP contribution < -0.4 is 5.32 Å². The zero-order chi connectivity index (χ0) is 13.9. The van der Waals surface area contributed by atoms with E-state index in [0.29, 0.717) is 11.3 Å². The number of nitrogens with one attached hydrogen (secondary N) is 2. The first-order valence-corrected chi connectivity index (χ1v) is 6.60. The molecule has 1 aromatic heterocycles. The highest BCUT2D eigenvalue weighted by atomic mass is 32.1. The van der Waals surface area contributed by atoms with Crippen molar-refractivity contribution in [3.63, 3.8) is 0 Å². The van der Waals surface area contributed by atoms with Crippen LogP contribution in [0.25, 0.3) is 10.9 Å². The molecule has 0 aliphatic carbocycles. The molecule has 5 heteroatoms. The maximum atomic E-state index is 12.9. The summed E-state index contributed by atoms with van der Waals surface area (Å²) in [6.07, 6.45) is 0. The summed E-state index contributed by atoms with van der Waals surface area (Å²) in [5.74, 6) is 0.494. The number of nitrogens with zero attached hydrogens (tertiary/aromatic N) is 1. The van der Waals surface area contributed by atoms with Crippen molar-refractivity contribution in [2.45, 2.75) is 6.54 Å². The van der Waals surface area contributed by atoms with Crippen molar-refractivity contribution >= 4 is 28.9 Å². The number of aromatic nitrogens is 2. The van der Waals surface area contributed by atoms with Gasteiger partial charge in [0.05, 0.1) is 5.52 Å². The topological polar surface area (TPSA) is 40.7 Å². The number of fused-ring (bicyclic) bond motifs is 1. The number of hydrogen-bond donors (Lipinski definition) is 2. The lowest BCUT2D eigenvalue weighted by molar-refractivity contribution is 0.627. The highest BCUT2D eigenvalue weighted by Crippen LogP contribution is 2.19. The molecule has 2 aromatic carbocycles. The SMILES string of the molecule is Fc1ccc(CNc2nc(=S)[nH]c3ccccc23)cc1. The minimum atomic E-state index is -0.237. The summed E-state index contributed by atoms with van der Waals surface area (Å²) in [4.78, 5) is 7.36. The summed E-state index contributed by atoms with van der Waals surface area (Å²) in [6.45, 7) is 0.566. The molecular formula is C15H12FN3S. The predicted molar refractivity (Wildman–Crippen MR) is 80.7 cm³/mol. The Kier molecular flexibility index (Phi) is 3.43. The number of halogens is 1. The fourth-order valence-electron chi connectivity index (χ4n) is 2.03. The van der Waals surface area contributed by atoms with E-state index in [1.54, 1.807) is 12.1 Å². The lowest BCUT2D eigenvalue weighted by Gasteiger charge is -2.08. The Balaban J connectivity index is 1.90. The summed E-state index contributed by atoms with van der Waals surface area (Å²) >= 11 is 5.12. The van der Waals surface area contributed by atoms with Crippen molar-refractivity contribution in [3.05, 3.63) is 64.7 Å². The fraction of sp³-hybridized carbons (Fsp3) is 0.0667.